The van der Waals surface area contributed by atoms with E-state index in [4.69, 9.17) is 0 Å². The Kier molecular flexibility index (Phi) is 3.82. The molecule has 2 heterocycles. The Morgan fingerprint density at radius 2 is 2.17 bits per heavy atom. The molecule has 0 saturated carbocycles. The molecule has 1 aliphatic rings. The van der Waals surface area contributed by atoms with Gasteiger partial charge in [-0.3, -0.25) is 0 Å². The summed E-state index contributed by atoms with van der Waals surface area (Å²) < 4.78 is 0. The number of hydrogen-bond acceptors (Lipinski definition) is 5. The summed E-state index contributed by atoms with van der Waals surface area (Å²) in [6, 6.07) is 1.90. The lowest BCUT2D eigenvalue weighted by Crippen LogP contribution is -2.34. The molecule has 18 heavy (non-hydrogen) atoms. The van der Waals surface area contributed by atoms with Gasteiger partial charge in [-0.1, -0.05) is 13.8 Å². The second-order valence-corrected chi connectivity index (χ2v) is 5.27. The number of hydrogen-bond donors (Lipinski definition) is 2. The predicted molar refractivity (Wildman–Crippen MR) is 69.7 cm³/mol. The minimum Gasteiger partial charge on any atom is -0.394 e. The Labute approximate surface area is 107 Å². The van der Waals surface area contributed by atoms with E-state index >= 15 is 0 Å². The van der Waals surface area contributed by atoms with Crippen molar-refractivity contribution in [2.75, 3.05) is 18.1 Å². The summed E-state index contributed by atoms with van der Waals surface area (Å²) >= 11 is 0. The van der Waals surface area contributed by atoms with Gasteiger partial charge in [-0.15, -0.1) is 0 Å². The molecule has 5 nitrogen and oxygen atoms in total. The van der Waals surface area contributed by atoms with E-state index in [9.17, 15) is 10.2 Å². The fourth-order valence-electron chi connectivity index (χ4n) is 2.31. The second kappa shape index (κ2) is 5.20. The molecular formula is C13H21N3O2. The Morgan fingerprint density at radius 3 is 2.78 bits per heavy atom. The molecule has 2 atom stereocenters. The van der Waals surface area contributed by atoms with Gasteiger partial charge in [0.1, 0.15) is 0 Å². The highest BCUT2D eigenvalue weighted by molar-refractivity contribution is 5.37. The van der Waals surface area contributed by atoms with Crippen molar-refractivity contribution in [1.82, 2.24) is 9.97 Å². The summed E-state index contributed by atoms with van der Waals surface area (Å²) in [5.74, 6) is 0.958. The quantitative estimate of drug-likeness (QED) is 0.833. The molecule has 0 amide bonds. The van der Waals surface area contributed by atoms with Crippen LogP contribution in [0.1, 0.15) is 37.6 Å². The summed E-state index contributed by atoms with van der Waals surface area (Å²) in [6.45, 7) is 6.64. The van der Waals surface area contributed by atoms with Crippen LogP contribution in [0.3, 0.4) is 0 Å². The van der Waals surface area contributed by atoms with Crippen LogP contribution in [0.15, 0.2) is 6.07 Å². The van der Waals surface area contributed by atoms with Crippen molar-refractivity contribution >= 4 is 5.95 Å². The van der Waals surface area contributed by atoms with Gasteiger partial charge in [0, 0.05) is 17.9 Å². The molecule has 1 fully saturated rings. The third-order valence-electron chi connectivity index (χ3n) is 3.31. The number of anilines is 1. The first-order chi connectivity index (χ1) is 8.51. The molecule has 1 aliphatic heterocycles. The largest absolute Gasteiger partial charge is 0.394 e. The maximum Gasteiger partial charge on any atom is 0.226 e. The molecule has 2 rings (SSSR count). The average Bonchev–Trinajstić information content (AvgIpc) is 2.69. The van der Waals surface area contributed by atoms with Crippen molar-refractivity contribution < 1.29 is 10.2 Å². The highest BCUT2D eigenvalue weighted by Crippen LogP contribution is 2.24. The van der Waals surface area contributed by atoms with Gasteiger partial charge in [0.05, 0.1) is 18.8 Å². The van der Waals surface area contributed by atoms with E-state index in [1.165, 1.54) is 0 Å². The minimum atomic E-state index is -0.409. The molecule has 1 saturated heterocycles. The molecule has 1 aromatic heterocycles. The van der Waals surface area contributed by atoms with E-state index in [1.54, 1.807) is 0 Å². The van der Waals surface area contributed by atoms with Crippen LogP contribution < -0.4 is 4.90 Å². The maximum atomic E-state index is 9.70. The third-order valence-corrected chi connectivity index (χ3v) is 3.31. The third kappa shape index (κ3) is 2.62. The van der Waals surface area contributed by atoms with E-state index in [0.717, 1.165) is 11.4 Å². The molecule has 1 aromatic rings. The van der Waals surface area contributed by atoms with E-state index in [1.807, 2.05) is 17.9 Å². The predicted octanol–water partition coefficient (Wildman–Crippen LogP) is 0.840. The topological polar surface area (TPSA) is 69.5 Å². The van der Waals surface area contributed by atoms with Crippen molar-refractivity contribution in [3.05, 3.63) is 17.5 Å². The first-order valence-corrected chi connectivity index (χ1v) is 6.42. The zero-order valence-corrected chi connectivity index (χ0v) is 11.2. The smallest absolute Gasteiger partial charge is 0.226 e. The van der Waals surface area contributed by atoms with Crippen LogP contribution in [0.5, 0.6) is 0 Å². The lowest BCUT2D eigenvalue weighted by atomic mass is 10.1. The van der Waals surface area contributed by atoms with Crippen LogP contribution in [0.4, 0.5) is 5.95 Å². The fourth-order valence-corrected chi connectivity index (χ4v) is 2.31. The zero-order valence-electron chi connectivity index (χ0n) is 11.2. The number of β-amino-alcohol motifs (C(OH)–C–C–N with tert-alkyl or cyclic N) is 1. The molecule has 5 heteroatoms. The first-order valence-electron chi connectivity index (χ1n) is 6.42. The van der Waals surface area contributed by atoms with Gasteiger partial charge in [-0.2, -0.15) is 0 Å². The van der Waals surface area contributed by atoms with Crippen LogP contribution >= 0.6 is 0 Å². The summed E-state index contributed by atoms with van der Waals surface area (Å²) in [6.07, 6.45) is 0.166. The van der Waals surface area contributed by atoms with Gasteiger partial charge in [0.15, 0.2) is 0 Å². The second-order valence-electron chi connectivity index (χ2n) is 5.27. The summed E-state index contributed by atoms with van der Waals surface area (Å²) in [5.41, 5.74) is 1.91. The molecule has 0 aliphatic carbocycles. The van der Waals surface area contributed by atoms with Crippen molar-refractivity contribution in [3.8, 4) is 0 Å². The number of nitrogens with zero attached hydrogens (tertiary/aromatic N) is 3. The molecule has 0 aromatic carbocycles. The highest BCUT2D eigenvalue weighted by atomic mass is 16.3. The van der Waals surface area contributed by atoms with Gasteiger partial charge in [0.2, 0.25) is 5.95 Å². The Morgan fingerprint density at radius 1 is 1.44 bits per heavy atom. The van der Waals surface area contributed by atoms with Crippen LogP contribution in [0, 0.1) is 6.92 Å². The van der Waals surface area contributed by atoms with Crippen LogP contribution in [0.25, 0.3) is 0 Å². The van der Waals surface area contributed by atoms with Gasteiger partial charge >= 0.3 is 0 Å². The summed E-state index contributed by atoms with van der Waals surface area (Å²) in [5, 5.41) is 19.1. The van der Waals surface area contributed by atoms with Gasteiger partial charge < -0.3 is 15.1 Å². The summed E-state index contributed by atoms with van der Waals surface area (Å²) in [4.78, 5) is 10.9. The fraction of sp³-hybridized carbons (Fsp3) is 0.692. The van der Waals surface area contributed by atoms with E-state index < -0.39 is 6.10 Å². The molecule has 0 spiro atoms. The van der Waals surface area contributed by atoms with Crippen molar-refractivity contribution in [2.45, 2.75) is 45.3 Å². The van der Waals surface area contributed by atoms with Gasteiger partial charge in [-0.25, -0.2) is 9.97 Å². The zero-order chi connectivity index (χ0) is 13.3. The molecule has 100 valence electrons. The highest BCUT2D eigenvalue weighted by Gasteiger charge is 2.32. The normalized spacial score (nSPS) is 24.0. The van der Waals surface area contributed by atoms with Crippen molar-refractivity contribution in [3.63, 3.8) is 0 Å². The number of aryl methyl sites for hydroxylation is 1. The van der Waals surface area contributed by atoms with Gasteiger partial charge in [0.25, 0.3) is 0 Å². The molecule has 0 radical (unpaired) electrons. The molecular weight excluding hydrogens is 230 g/mol. The van der Waals surface area contributed by atoms with Crippen LogP contribution in [-0.2, 0) is 0 Å². The van der Waals surface area contributed by atoms with E-state index in [-0.39, 0.29) is 12.6 Å². The number of rotatable bonds is 3. The number of aliphatic hydroxyl groups is 2. The lowest BCUT2D eigenvalue weighted by molar-refractivity contribution is 0.184. The monoisotopic (exact) mass is 251 g/mol. The summed E-state index contributed by atoms with van der Waals surface area (Å²) in [7, 11) is 0. The Balaban J connectivity index is 2.32. The Bertz CT molecular complexity index is 423. The lowest BCUT2D eigenvalue weighted by Gasteiger charge is -2.23. The molecule has 0 unspecified atom stereocenters. The van der Waals surface area contributed by atoms with E-state index in [0.29, 0.717) is 24.8 Å². The maximum absolute atomic E-state index is 9.70. The van der Waals surface area contributed by atoms with Crippen molar-refractivity contribution in [1.29, 1.82) is 0 Å². The first kappa shape index (κ1) is 13.2. The number of aliphatic hydroxyl groups excluding tert-OH is 2. The SMILES string of the molecule is Cc1cc(C(C)C)nc(N2C[C@@H](O)C[C@H]2CO)n1. The van der Waals surface area contributed by atoms with Crippen LogP contribution in [-0.4, -0.2) is 45.5 Å². The average molecular weight is 251 g/mol. The molecule has 2 N–H and O–H groups in total. The Hall–Kier alpha value is -1.20. The van der Waals surface area contributed by atoms with E-state index in [2.05, 4.69) is 23.8 Å². The minimum absolute atomic E-state index is 0.0192. The standard InChI is InChI=1S/C13H21N3O2/c1-8(2)12-4-9(3)14-13(15-12)16-6-11(18)5-10(16)7-17/h4,8,10-11,17-18H,5-7H2,1-3H3/t10-,11-/m0/s1. The van der Waals surface area contributed by atoms with Gasteiger partial charge in [-0.05, 0) is 25.3 Å². The molecule has 0 bridgehead atoms. The number of aromatic nitrogens is 2. The van der Waals surface area contributed by atoms with Crippen LogP contribution in [0.2, 0.25) is 0 Å². The van der Waals surface area contributed by atoms with Crippen molar-refractivity contribution in [2.24, 2.45) is 0 Å².